The second kappa shape index (κ2) is 8.74. The Balaban J connectivity index is 2.19. The Hall–Kier alpha value is -2.39. The number of alkyl halides is 3. The van der Waals surface area contributed by atoms with Crippen molar-refractivity contribution in [2.45, 2.75) is 31.3 Å². The molecule has 28 heavy (non-hydrogen) atoms. The molecule has 0 aromatic heterocycles. The lowest BCUT2D eigenvalue weighted by atomic mass is 10.1. The summed E-state index contributed by atoms with van der Waals surface area (Å²) >= 11 is 0. The zero-order chi connectivity index (χ0) is 20.9. The zero-order valence-corrected chi connectivity index (χ0v) is 16.3. The van der Waals surface area contributed by atoms with E-state index in [1.165, 1.54) is 24.3 Å². The van der Waals surface area contributed by atoms with Crippen LogP contribution in [0.2, 0.25) is 0 Å². The molecule has 0 aliphatic rings. The second-order valence-corrected chi connectivity index (χ2v) is 7.96. The molecule has 9 heteroatoms. The summed E-state index contributed by atoms with van der Waals surface area (Å²) in [5.41, 5.74) is -0.450. The van der Waals surface area contributed by atoms with Crippen LogP contribution in [0.3, 0.4) is 0 Å². The van der Waals surface area contributed by atoms with Crippen LogP contribution in [0.5, 0.6) is 0 Å². The first-order chi connectivity index (χ1) is 13.1. The van der Waals surface area contributed by atoms with E-state index in [1.54, 1.807) is 19.1 Å². The summed E-state index contributed by atoms with van der Waals surface area (Å²) in [6.45, 7) is 2.88. The van der Waals surface area contributed by atoms with Crippen molar-refractivity contribution in [1.29, 1.82) is 0 Å². The van der Waals surface area contributed by atoms with Gasteiger partial charge in [0.15, 0.2) is 0 Å². The minimum Gasteiger partial charge on any atom is -0.324 e. The van der Waals surface area contributed by atoms with Crippen molar-refractivity contribution in [1.82, 2.24) is 4.31 Å². The smallest absolute Gasteiger partial charge is 0.324 e. The first-order valence-corrected chi connectivity index (χ1v) is 10.1. The minimum absolute atomic E-state index is 0.00774. The maximum atomic E-state index is 13.0. The van der Waals surface area contributed by atoms with E-state index < -0.39 is 39.9 Å². The average molecular weight is 414 g/mol. The van der Waals surface area contributed by atoms with Gasteiger partial charge in [0, 0.05) is 6.54 Å². The lowest BCUT2D eigenvalue weighted by Gasteiger charge is -2.21. The molecule has 1 amide bonds. The molecule has 152 valence electrons. The van der Waals surface area contributed by atoms with Crippen molar-refractivity contribution in [3.05, 3.63) is 59.7 Å². The topological polar surface area (TPSA) is 66.5 Å². The van der Waals surface area contributed by atoms with Crippen LogP contribution in [0.15, 0.2) is 53.4 Å². The van der Waals surface area contributed by atoms with Crippen molar-refractivity contribution in [3.63, 3.8) is 0 Å². The summed E-state index contributed by atoms with van der Waals surface area (Å²) < 4.78 is 65.5. The van der Waals surface area contributed by atoms with Crippen LogP contribution in [0.25, 0.3) is 0 Å². The van der Waals surface area contributed by atoms with E-state index in [1.807, 2.05) is 6.92 Å². The predicted molar refractivity (Wildman–Crippen MR) is 100 cm³/mol. The number of likely N-dealkylation sites (N-methyl/N-ethyl adjacent to an activating group) is 1. The molecular formula is C19H21F3N2O3S. The van der Waals surface area contributed by atoms with Crippen LogP contribution < -0.4 is 5.32 Å². The van der Waals surface area contributed by atoms with E-state index in [2.05, 4.69) is 5.32 Å². The molecule has 0 aliphatic heterocycles. The number of hydrogen-bond acceptors (Lipinski definition) is 3. The Kier molecular flexibility index (Phi) is 6.84. The van der Waals surface area contributed by atoms with Crippen LogP contribution in [0, 0.1) is 0 Å². The first kappa shape index (κ1) is 21.9. The average Bonchev–Trinajstić information content (AvgIpc) is 2.65. The van der Waals surface area contributed by atoms with Gasteiger partial charge in [-0.1, -0.05) is 38.1 Å². The third-order valence-electron chi connectivity index (χ3n) is 4.15. The molecule has 0 spiro atoms. The van der Waals surface area contributed by atoms with Crippen molar-refractivity contribution >= 4 is 21.6 Å². The van der Waals surface area contributed by atoms with Crippen molar-refractivity contribution in [2.75, 3.05) is 18.4 Å². The summed E-state index contributed by atoms with van der Waals surface area (Å²) in [6, 6.07) is 10.8. The van der Waals surface area contributed by atoms with Crippen LogP contribution in [-0.4, -0.2) is 31.7 Å². The van der Waals surface area contributed by atoms with Gasteiger partial charge < -0.3 is 5.32 Å². The standard InChI is InChI=1S/C19H21F3N2O3S/c1-3-14-9-11-15(12-10-14)28(26,27)24(4-2)13-18(25)23-17-8-6-5-7-16(17)19(20,21)22/h5-12H,3-4,13H2,1-2H3,(H,23,25). The number of carbonyl (C=O) groups is 1. The zero-order valence-electron chi connectivity index (χ0n) is 15.5. The van der Waals surface area contributed by atoms with Gasteiger partial charge in [0.05, 0.1) is 22.7 Å². The third-order valence-corrected chi connectivity index (χ3v) is 6.08. The monoisotopic (exact) mass is 414 g/mol. The lowest BCUT2D eigenvalue weighted by molar-refractivity contribution is -0.137. The SMILES string of the molecule is CCc1ccc(S(=O)(=O)N(CC)CC(=O)Nc2ccccc2C(F)(F)F)cc1. The molecule has 2 aromatic carbocycles. The highest BCUT2D eigenvalue weighted by atomic mass is 32.2. The van der Waals surface area contributed by atoms with Gasteiger partial charge in [-0.15, -0.1) is 0 Å². The molecule has 2 rings (SSSR count). The predicted octanol–water partition coefficient (Wildman–Crippen LogP) is 3.92. The largest absolute Gasteiger partial charge is 0.418 e. The number of rotatable bonds is 7. The summed E-state index contributed by atoms with van der Waals surface area (Å²) in [6.07, 6.45) is -3.89. The fourth-order valence-electron chi connectivity index (χ4n) is 2.60. The first-order valence-electron chi connectivity index (χ1n) is 8.64. The van der Waals surface area contributed by atoms with E-state index >= 15 is 0 Å². The van der Waals surface area contributed by atoms with Crippen LogP contribution >= 0.6 is 0 Å². The molecule has 0 fully saturated rings. The number of nitrogens with zero attached hydrogens (tertiary/aromatic N) is 1. The quantitative estimate of drug-likeness (QED) is 0.747. The number of nitrogens with one attached hydrogen (secondary N) is 1. The molecule has 1 N–H and O–H groups in total. The highest BCUT2D eigenvalue weighted by molar-refractivity contribution is 7.89. The Bertz CT molecular complexity index is 926. The van der Waals surface area contributed by atoms with Gasteiger partial charge in [-0.3, -0.25) is 4.79 Å². The van der Waals surface area contributed by atoms with Gasteiger partial charge in [-0.2, -0.15) is 17.5 Å². The number of amides is 1. The number of anilines is 1. The van der Waals surface area contributed by atoms with Crippen LogP contribution in [-0.2, 0) is 27.4 Å². The number of halogens is 3. The molecule has 0 unspecified atom stereocenters. The Morgan fingerprint density at radius 1 is 1.04 bits per heavy atom. The van der Waals surface area contributed by atoms with Gasteiger partial charge in [-0.25, -0.2) is 8.42 Å². The molecule has 0 aliphatic carbocycles. The number of para-hydroxylation sites is 1. The number of sulfonamides is 1. The molecule has 0 saturated carbocycles. The molecule has 2 aromatic rings. The lowest BCUT2D eigenvalue weighted by Crippen LogP contribution is -2.38. The van der Waals surface area contributed by atoms with Crippen molar-refractivity contribution < 1.29 is 26.4 Å². The highest BCUT2D eigenvalue weighted by Crippen LogP contribution is 2.34. The van der Waals surface area contributed by atoms with E-state index in [-0.39, 0.29) is 11.4 Å². The molecule has 0 saturated heterocycles. The van der Waals surface area contributed by atoms with Gasteiger partial charge in [0.2, 0.25) is 15.9 Å². The highest BCUT2D eigenvalue weighted by Gasteiger charge is 2.34. The number of hydrogen-bond donors (Lipinski definition) is 1. The van der Waals surface area contributed by atoms with Gasteiger partial charge in [0.1, 0.15) is 0 Å². The molecule has 0 atom stereocenters. The fraction of sp³-hybridized carbons (Fsp3) is 0.316. The molecule has 0 radical (unpaired) electrons. The maximum Gasteiger partial charge on any atom is 0.418 e. The Labute approximate surface area is 162 Å². The molecule has 5 nitrogen and oxygen atoms in total. The van der Waals surface area contributed by atoms with Crippen molar-refractivity contribution in [2.24, 2.45) is 0 Å². The van der Waals surface area contributed by atoms with E-state index in [9.17, 15) is 26.4 Å². The maximum absolute atomic E-state index is 13.0. The van der Waals surface area contributed by atoms with E-state index in [0.717, 1.165) is 28.4 Å². The van der Waals surface area contributed by atoms with Gasteiger partial charge >= 0.3 is 6.18 Å². The summed E-state index contributed by atoms with van der Waals surface area (Å²) in [5.74, 6) is -0.854. The minimum atomic E-state index is -4.64. The molecule has 0 heterocycles. The molecular weight excluding hydrogens is 393 g/mol. The van der Waals surface area contributed by atoms with Crippen LogP contribution in [0.1, 0.15) is 25.0 Å². The Morgan fingerprint density at radius 2 is 1.64 bits per heavy atom. The summed E-state index contributed by atoms with van der Waals surface area (Å²) in [7, 11) is -3.95. The summed E-state index contributed by atoms with van der Waals surface area (Å²) in [5, 5.41) is 2.16. The number of aryl methyl sites for hydroxylation is 1. The molecule has 0 bridgehead atoms. The fourth-order valence-corrected chi connectivity index (χ4v) is 4.01. The second-order valence-electron chi connectivity index (χ2n) is 6.02. The third kappa shape index (κ3) is 5.11. The van der Waals surface area contributed by atoms with Crippen LogP contribution in [0.4, 0.5) is 18.9 Å². The van der Waals surface area contributed by atoms with E-state index in [4.69, 9.17) is 0 Å². The van der Waals surface area contributed by atoms with E-state index in [0.29, 0.717) is 0 Å². The van der Waals surface area contributed by atoms with Crippen molar-refractivity contribution in [3.8, 4) is 0 Å². The summed E-state index contributed by atoms with van der Waals surface area (Å²) in [4.78, 5) is 12.3. The Morgan fingerprint density at radius 3 is 2.18 bits per heavy atom. The number of carbonyl (C=O) groups excluding carboxylic acids is 1. The van der Waals surface area contributed by atoms with Gasteiger partial charge in [-0.05, 0) is 36.2 Å². The number of benzene rings is 2. The normalized spacial score (nSPS) is 12.2. The van der Waals surface area contributed by atoms with Gasteiger partial charge in [0.25, 0.3) is 0 Å².